The largest absolute Gasteiger partial charge is 0.409 e. The number of fused-ring (bicyclic) bond motifs is 1. The van der Waals surface area contributed by atoms with Crippen LogP contribution in [0.25, 0.3) is 10.8 Å². The molecule has 0 aliphatic carbocycles. The lowest BCUT2D eigenvalue weighted by atomic mass is 9.86. The summed E-state index contributed by atoms with van der Waals surface area (Å²) in [5, 5.41) is 2.09. The van der Waals surface area contributed by atoms with E-state index >= 15 is 0 Å². The van der Waals surface area contributed by atoms with E-state index in [2.05, 4.69) is 5.48 Å². The SMILES string of the molecule is CNOc1ccc2cc(C(=O)C(C)(C)C)ccc2c1. The second-order valence-corrected chi connectivity index (χ2v) is 5.61. The minimum Gasteiger partial charge on any atom is -0.409 e. The molecule has 0 aliphatic rings. The summed E-state index contributed by atoms with van der Waals surface area (Å²) in [6.07, 6.45) is 0. The Kier molecular flexibility index (Phi) is 3.58. The summed E-state index contributed by atoms with van der Waals surface area (Å²) in [6, 6.07) is 11.5. The standard InChI is InChI=1S/C16H19NO2/c1-16(2,3)15(18)13-6-5-12-10-14(19-17-4)8-7-11(12)9-13/h5-10,17H,1-4H3. The average Bonchev–Trinajstić information content (AvgIpc) is 2.36. The van der Waals surface area contributed by atoms with E-state index in [4.69, 9.17) is 4.84 Å². The molecule has 0 aliphatic heterocycles. The lowest BCUT2D eigenvalue weighted by Crippen LogP contribution is -2.20. The zero-order valence-corrected chi connectivity index (χ0v) is 11.8. The Morgan fingerprint density at radius 1 is 1.05 bits per heavy atom. The van der Waals surface area contributed by atoms with Crippen LogP contribution in [0.3, 0.4) is 0 Å². The molecule has 1 N–H and O–H groups in total. The first-order valence-corrected chi connectivity index (χ1v) is 6.34. The van der Waals surface area contributed by atoms with E-state index < -0.39 is 0 Å². The molecule has 0 bridgehead atoms. The molecule has 0 fully saturated rings. The number of rotatable bonds is 3. The highest BCUT2D eigenvalue weighted by Crippen LogP contribution is 2.25. The maximum atomic E-state index is 12.2. The van der Waals surface area contributed by atoms with Gasteiger partial charge in [0.1, 0.15) is 5.75 Å². The number of carbonyl (C=O) groups is 1. The highest BCUT2D eigenvalue weighted by molar-refractivity contribution is 6.02. The zero-order chi connectivity index (χ0) is 14.0. The molecule has 0 atom stereocenters. The molecule has 3 nitrogen and oxygen atoms in total. The number of hydrogen-bond donors (Lipinski definition) is 1. The van der Waals surface area contributed by atoms with E-state index in [0.29, 0.717) is 0 Å². The van der Waals surface area contributed by atoms with Crippen LogP contribution in [-0.2, 0) is 0 Å². The Balaban J connectivity index is 2.42. The number of benzene rings is 2. The molecule has 0 radical (unpaired) electrons. The minimum absolute atomic E-state index is 0.157. The normalized spacial score (nSPS) is 11.6. The van der Waals surface area contributed by atoms with Crippen molar-refractivity contribution in [2.45, 2.75) is 20.8 Å². The Morgan fingerprint density at radius 2 is 1.68 bits per heavy atom. The van der Waals surface area contributed by atoms with Crippen LogP contribution in [0.5, 0.6) is 5.75 Å². The first-order chi connectivity index (χ1) is 8.91. The van der Waals surface area contributed by atoms with Gasteiger partial charge in [-0.2, -0.15) is 5.48 Å². The van der Waals surface area contributed by atoms with Crippen molar-refractivity contribution in [1.82, 2.24) is 5.48 Å². The smallest absolute Gasteiger partial charge is 0.168 e. The molecule has 0 unspecified atom stereocenters. The van der Waals surface area contributed by atoms with E-state index in [1.54, 1.807) is 7.05 Å². The van der Waals surface area contributed by atoms with E-state index in [1.807, 2.05) is 57.2 Å². The molecule has 2 aromatic rings. The van der Waals surface area contributed by atoms with Crippen molar-refractivity contribution >= 4 is 16.6 Å². The molecule has 2 aromatic carbocycles. The van der Waals surface area contributed by atoms with Crippen LogP contribution in [0, 0.1) is 5.41 Å². The topological polar surface area (TPSA) is 38.3 Å². The van der Waals surface area contributed by atoms with Gasteiger partial charge in [0.15, 0.2) is 5.78 Å². The fourth-order valence-electron chi connectivity index (χ4n) is 1.98. The van der Waals surface area contributed by atoms with Crippen molar-refractivity contribution in [3.05, 3.63) is 42.0 Å². The molecular formula is C16H19NO2. The number of hydroxylamine groups is 1. The van der Waals surface area contributed by atoms with Crippen molar-refractivity contribution in [3.63, 3.8) is 0 Å². The number of hydrogen-bond acceptors (Lipinski definition) is 3. The molecule has 0 spiro atoms. The maximum absolute atomic E-state index is 12.2. The van der Waals surface area contributed by atoms with Gasteiger partial charge in [-0.25, -0.2) is 0 Å². The average molecular weight is 257 g/mol. The third-order valence-corrected chi connectivity index (χ3v) is 2.97. The van der Waals surface area contributed by atoms with Gasteiger partial charge >= 0.3 is 0 Å². The van der Waals surface area contributed by atoms with Crippen LogP contribution < -0.4 is 10.3 Å². The van der Waals surface area contributed by atoms with Gasteiger partial charge in [0.25, 0.3) is 0 Å². The Labute approximate surface area is 113 Å². The van der Waals surface area contributed by atoms with Crippen molar-refractivity contribution in [3.8, 4) is 5.75 Å². The van der Waals surface area contributed by atoms with Gasteiger partial charge < -0.3 is 4.84 Å². The first-order valence-electron chi connectivity index (χ1n) is 6.34. The van der Waals surface area contributed by atoms with Crippen LogP contribution in [0.1, 0.15) is 31.1 Å². The van der Waals surface area contributed by atoms with Crippen LogP contribution in [0.15, 0.2) is 36.4 Å². The molecule has 3 heteroatoms. The summed E-state index contributed by atoms with van der Waals surface area (Å²) in [5.41, 5.74) is 3.04. The number of Topliss-reactive ketones (excluding diaryl/α,β-unsaturated/α-hetero) is 1. The van der Waals surface area contributed by atoms with Crippen molar-refractivity contribution in [2.24, 2.45) is 5.41 Å². The third-order valence-electron chi connectivity index (χ3n) is 2.97. The monoisotopic (exact) mass is 257 g/mol. The van der Waals surface area contributed by atoms with Crippen molar-refractivity contribution in [1.29, 1.82) is 0 Å². The third kappa shape index (κ3) is 2.93. The van der Waals surface area contributed by atoms with Gasteiger partial charge in [-0.3, -0.25) is 4.79 Å². The first kappa shape index (κ1) is 13.6. The predicted octanol–water partition coefficient (Wildman–Crippen LogP) is 3.58. The molecule has 0 saturated carbocycles. The summed E-state index contributed by atoms with van der Waals surface area (Å²) in [7, 11) is 1.72. The zero-order valence-electron chi connectivity index (χ0n) is 11.8. The van der Waals surface area contributed by atoms with Gasteiger partial charge in [0, 0.05) is 18.0 Å². The van der Waals surface area contributed by atoms with Crippen LogP contribution in [-0.4, -0.2) is 12.8 Å². The van der Waals surface area contributed by atoms with Crippen LogP contribution >= 0.6 is 0 Å². The Morgan fingerprint density at radius 3 is 2.32 bits per heavy atom. The van der Waals surface area contributed by atoms with Gasteiger partial charge in [-0.1, -0.05) is 39.0 Å². The van der Waals surface area contributed by atoms with E-state index in [-0.39, 0.29) is 11.2 Å². The highest BCUT2D eigenvalue weighted by Gasteiger charge is 2.22. The van der Waals surface area contributed by atoms with Gasteiger partial charge in [-0.15, -0.1) is 0 Å². The summed E-state index contributed by atoms with van der Waals surface area (Å²) in [5.74, 6) is 0.912. The fourth-order valence-corrected chi connectivity index (χ4v) is 1.98. The molecule has 0 heterocycles. The molecule has 2 rings (SSSR count). The van der Waals surface area contributed by atoms with E-state index in [1.165, 1.54) is 0 Å². The maximum Gasteiger partial charge on any atom is 0.168 e. The van der Waals surface area contributed by atoms with Crippen LogP contribution in [0.2, 0.25) is 0 Å². The van der Waals surface area contributed by atoms with E-state index in [9.17, 15) is 4.79 Å². The molecule has 0 amide bonds. The Bertz CT molecular complexity index is 612. The quantitative estimate of drug-likeness (QED) is 0.674. The van der Waals surface area contributed by atoms with Crippen LogP contribution in [0.4, 0.5) is 0 Å². The highest BCUT2D eigenvalue weighted by atomic mass is 16.6. The number of nitrogens with one attached hydrogen (secondary N) is 1. The fraction of sp³-hybridized carbons (Fsp3) is 0.312. The van der Waals surface area contributed by atoms with Crippen molar-refractivity contribution in [2.75, 3.05) is 7.05 Å². The summed E-state index contributed by atoms with van der Waals surface area (Å²) in [4.78, 5) is 17.5. The van der Waals surface area contributed by atoms with Gasteiger partial charge in [0.2, 0.25) is 0 Å². The Hall–Kier alpha value is -1.87. The van der Waals surface area contributed by atoms with E-state index in [0.717, 1.165) is 22.1 Å². The summed E-state index contributed by atoms with van der Waals surface area (Å²) < 4.78 is 0. The summed E-state index contributed by atoms with van der Waals surface area (Å²) in [6.45, 7) is 5.80. The predicted molar refractivity (Wildman–Crippen MR) is 77.4 cm³/mol. The van der Waals surface area contributed by atoms with Gasteiger partial charge in [-0.05, 0) is 29.0 Å². The number of carbonyl (C=O) groups excluding carboxylic acids is 1. The number of ketones is 1. The minimum atomic E-state index is -0.358. The van der Waals surface area contributed by atoms with Gasteiger partial charge in [0.05, 0.1) is 0 Å². The molecular weight excluding hydrogens is 238 g/mol. The molecule has 0 aromatic heterocycles. The lowest BCUT2D eigenvalue weighted by molar-refractivity contribution is 0.0858. The second kappa shape index (κ2) is 5.02. The summed E-state index contributed by atoms with van der Waals surface area (Å²) >= 11 is 0. The van der Waals surface area contributed by atoms with Crippen molar-refractivity contribution < 1.29 is 9.63 Å². The second-order valence-electron chi connectivity index (χ2n) is 5.61. The molecule has 19 heavy (non-hydrogen) atoms. The lowest BCUT2D eigenvalue weighted by Gasteiger charge is -2.17. The molecule has 100 valence electrons. The molecule has 0 saturated heterocycles.